The minimum Gasteiger partial charge on any atom is -0.438 e. The molecule has 4 aromatic rings. The molecule has 2 atom stereocenters. The standard InChI is InChI=1S/C25H22F2N6O3/c1-24(13-20(34)33(31-25(24,27)23(28)35)16-7-5-6-15(26)12-16)18-8-3-4-9-19(18)36-22-17-10-11-32(2)21(17)29-14-30-22/h3-12,14,31H,13H2,1-2H3,(H2,28,35). The number of carbonyl (C=O) groups excluding carboxylic acids is 2. The van der Waals surface area contributed by atoms with Crippen molar-refractivity contribution in [3.05, 3.63) is 78.5 Å². The van der Waals surface area contributed by atoms with Crippen molar-refractivity contribution >= 4 is 28.5 Å². The third kappa shape index (κ3) is 3.55. The number of primary amides is 1. The second-order valence-corrected chi connectivity index (χ2v) is 8.79. The molecule has 0 bridgehead atoms. The van der Waals surface area contributed by atoms with Gasteiger partial charge in [-0.25, -0.2) is 23.8 Å². The van der Waals surface area contributed by atoms with Crippen molar-refractivity contribution in [2.45, 2.75) is 24.6 Å². The molecule has 0 radical (unpaired) electrons. The van der Waals surface area contributed by atoms with Gasteiger partial charge in [0.05, 0.1) is 16.5 Å². The zero-order valence-corrected chi connectivity index (χ0v) is 19.4. The van der Waals surface area contributed by atoms with Crippen molar-refractivity contribution in [3.8, 4) is 11.6 Å². The van der Waals surface area contributed by atoms with Crippen molar-refractivity contribution in [1.29, 1.82) is 0 Å². The molecule has 9 nitrogen and oxygen atoms in total. The van der Waals surface area contributed by atoms with Crippen LogP contribution in [0.4, 0.5) is 14.5 Å². The van der Waals surface area contributed by atoms with Crippen molar-refractivity contribution in [1.82, 2.24) is 20.0 Å². The van der Waals surface area contributed by atoms with E-state index in [1.165, 1.54) is 31.5 Å². The Morgan fingerprint density at radius 2 is 1.94 bits per heavy atom. The molecule has 1 saturated heterocycles. The molecule has 36 heavy (non-hydrogen) atoms. The highest BCUT2D eigenvalue weighted by atomic mass is 19.1. The van der Waals surface area contributed by atoms with Gasteiger partial charge in [0.25, 0.3) is 11.7 Å². The van der Waals surface area contributed by atoms with Gasteiger partial charge in [-0.15, -0.1) is 0 Å². The zero-order chi connectivity index (χ0) is 25.7. The smallest absolute Gasteiger partial charge is 0.272 e. The average Bonchev–Trinajstić information content (AvgIpc) is 3.23. The molecule has 0 aliphatic carbocycles. The van der Waals surface area contributed by atoms with Gasteiger partial charge in [0, 0.05) is 25.2 Å². The minimum absolute atomic E-state index is 0.0299. The van der Waals surface area contributed by atoms with E-state index in [1.54, 1.807) is 41.1 Å². The summed E-state index contributed by atoms with van der Waals surface area (Å²) in [6.07, 6.45) is 2.66. The van der Waals surface area contributed by atoms with Crippen LogP contribution in [0.2, 0.25) is 0 Å². The van der Waals surface area contributed by atoms with Crippen LogP contribution in [0.3, 0.4) is 0 Å². The Labute approximate surface area is 204 Å². The van der Waals surface area contributed by atoms with Gasteiger partial charge in [-0.1, -0.05) is 24.3 Å². The van der Waals surface area contributed by atoms with Crippen LogP contribution in [-0.2, 0) is 22.1 Å². The molecule has 3 N–H and O–H groups in total. The predicted molar refractivity (Wildman–Crippen MR) is 127 cm³/mol. The molecular weight excluding hydrogens is 470 g/mol. The van der Waals surface area contributed by atoms with Gasteiger partial charge >= 0.3 is 0 Å². The Morgan fingerprint density at radius 1 is 1.17 bits per heavy atom. The lowest BCUT2D eigenvalue weighted by Gasteiger charge is -2.48. The van der Waals surface area contributed by atoms with E-state index < -0.39 is 35.3 Å². The first-order valence-corrected chi connectivity index (χ1v) is 11.0. The lowest BCUT2D eigenvalue weighted by Crippen LogP contribution is -2.73. The highest BCUT2D eigenvalue weighted by Crippen LogP contribution is 2.47. The van der Waals surface area contributed by atoms with E-state index in [4.69, 9.17) is 10.5 Å². The summed E-state index contributed by atoms with van der Waals surface area (Å²) >= 11 is 0. The first kappa shape index (κ1) is 23.4. The number of benzene rings is 2. The van der Waals surface area contributed by atoms with Crippen LogP contribution in [0, 0.1) is 5.82 Å². The molecule has 1 fully saturated rings. The summed E-state index contributed by atoms with van der Waals surface area (Å²) in [7, 11) is 1.82. The summed E-state index contributed by atoms with van der Waals surface area (Å²) in [4.78, 5) is 34.2. The number of halogens is 2. The first-order chi connectivity index (χ1) is 17.1. The van der Waals surface area contributed by atoms with Gasteiger partial charge in [0.1, 0.15) is 23.5 Å². The van der Waals surface area contributed by atoms with Crippen LogP contribution in [0.1, 0.15) is 18.9 Å². The number of fused-ring (bicyclic) bond motifs is 1. The van der Waals surface area contributed by atoms with Gasteiger partial charge in [-0.3, -0.25) is 9.59 Å². The molecule has 2 amide bonds. The van der Waals surface area contributed by atoms with Gasteiger partial charge in [-0.2, -0.15) is 5.43 Å². The number of rotatable bonds is 5. The molecule has 11 heteroatoms. The fourth-order valence-corrected chi connectivity index (χ4v) is 4.53. The topological polar surface area (TPSA) is 115 Å². The van der Waals surface area contributed by atoms with Crippen LogP contribution in [0.25, 0.3) is 11.0 Å². The number of hydrogen-bond donors (Lipinski definition) is 2. The SMILES string of the molecule is Cn1ccc2c(Oc3ccccc3C3(C)CC(=O)N(c4cccc(F)c4)NC3(F)C(N)=O)ncnc21. The Balaban J connectivity index is 1.59. The monoisotopic (exact) mass is 492 g/mol. The number of nitrogens with one attached hydrogen (secondary N) is 1. The molecule has 5 rings (SSSR count). The molecule has 3 heterocycles. The highest BCUT2D eigenvalue weighted by Gasteiger charge is 2.61. The van der Waals surface area contributed by atoms with E-state index in [9.17, 15) is 14.0 Å². The number of hydrazine groups is 1. The number of aromatic nitrogens is 3. The summed E-state index contributed by atoms with van der Waals surface area (Å²) in [5.41, 5.74) is 6.96. The number of amides is 2. The molecule has 0 saturated carbocycles. The molecule has 1 aliphatic heterocycles. The molecular formula is C25H22F2N6O3. The number of alkyl halides is 1. The maximum Gasteiger partial charge on any atom is 0.272 e. The van der Waals surface area contributed by atoms with Crippen molar-refractivity contribution < 1.29 is 23.1 Å². The van der Waals surface area contributed by atoms with Crippen molar-refractivity contribution in [2.24, 2.45) is 12.8 Å². The van der Waals surface area contributed by atoms with Crippen LogP contribution in [0.5, 0.6) is 11.6 Å². The first-order valence-electron chi connectivity index (χ1n) is 11.0. The molecule has 2 unspecified atom stereocenters. The fourth-order valence-electron chi connectivity index (χ4n) is 4.53. The summed E-state index contributed by atoms with van der Waals surface area (Å²) in [6, 6.07) is 13.2. The van der Waals surface area contributed by atoms with Crippen LogP contribution in [0.15, 0.2) is 67.1 Å². The largest absolute Gasteiger partial charge is 0.438 e. The summed E-state index contributed by atoms with van der Waals surface area (Å²) in [6.45, 7) is 1.41. The quantitative estimate of drug-likeness (QED) is 0.414. The van der Waals surface area contributed by atoms with E-state index >= 15 is 4.39 Å². The van der Waals surface area contributed by atoms with Crippen molar-refractivity contribution in [3.63, 3.8) is 0 Å². The number of aryl methyl sites for hydroxylation is 1. The third-order valence-electron chi connectivity index (χ3n) is 6.50. The molecule has 184 valence electrons. The lowest BCUT2D eigenvalue weighted by molar-refractivity contribution is -0.146. The average molecular weight is 492 g/mol. The Morgan fingerprint density at radius 3 is 2.69 bits per heavy atom. The second kappa shape index (κ2) is 8.38. The Kier molecular flexibility index (Phi) is 5.44. The summed E-state index contributed by atoms with van der Waals surface area (Å²) in [5.74, 6) is -5.12. The van der Waals surface area contributed by atoms with Gasteiger partial charge < -0.3 is 15.0 Å². The molecule has 2 aromatic carbocycles. The number of anilines is 1. The lowest BCUT2D eigenvalue weighted by atomic mass is 9.69. The number of nitrogens with two attached hydrogens (primary N) is 1. The summed E-state index contributed by atoms with van der Waals surface area (Å²) in [5, 5.41) is 1.42. The van der Waals surface area contributed by atoms with Crippen LogP contribution in [-0.4, -0.2) is 32.1 Å². The number of ether oxygens (including phenoxy) is 1. The second-order valence-electron chi connectivity index (χ2n) is 8.79. The van der Waals surface area contributed by atoms with E-state index in [0.29, 0.717) is 11.0 Å². The van der Waals surface area contributed by atoms with Crippen LogP contribution >= 0.6 is 0 Å². The minimum atomic E-state index is -2.94. The van der Waals surface area contributed by atoms with E-state index in [1.807, 2.05) is 7.05 Å². The van der Waals surface area contributed by atoms with Gasteiger partial charge in [0.15, 0.2) is 0 Å². The van der Waals surface area contributed by atoms with Crippen LogP contribution < -0.4 is 20.9 Å². The fraction of sp³-hybridized carbons (Fsp3) is 0.200. The van der Waals surface area contributed by atoms with Crippen molar-refractivity contribution in [2.75, 3.05) is 5.01 Å². The van der Waals surface area contributed by atoms with E-state index in [2.05, 4.69) is 15.4 Å². The molecule has 1 aliphatic rings. The third-order valence-corrected chi connectivity index (χ3v) is 6.50. The number of nitrogens with zero attached hydrogens (tertiary/aromatic N) is 4. The zero-order valence-electron chi connectivity index (χ0n) is 19.4. The van der Waals surface area contributed by atoms with Gasteiger partial charge in [-0.05, 0) is 37.3 Å². The summed E-state index contributed by atoms with van der Waals surface area (Å²) < 4.78 is 38.4. The predicted octanol–water partition coefficient (Wildman–Crippen LogP) is 3.25. The van der Waals surface area contributed by atoms with E-state index in [-0.39, 0.29) is 22.9 Å². The highest BCUT2D eigenvalue weighted by molar-refractivity contribution is 5.98. The number of para-hydroxylation sites is 1. The maximum absolute atomic E-state index is 16.7. The molecule has 0 spiro atoms. The normalized spacial score (nSPS) is 22.1. The maximum atomic E-state index is 16.7. The molecule has 2 aromatic heterocycles. The van der Waals surface area contributed by atoms with E-state index in [0.717, 1.165) is 11.1 Å². The van der Waals surface area contributed by atoms with Gasteiger partial charge in [0.2, 0.25) is 11.8 Å². The number of hydrogen-bond acceptors (Lipinski definition) is 6. The Bertz CT molecular complexity index is 1510. The Hall–Kier alpha value is -4.38. The number of carbonyl (C=O) groups is 2.